The molecule has 0 saturated carbocycles. The zero-order chi connectivity index (χ0) is 18.1. The molecule has 0 heterocycles. The molecule has 0 saturated heterocycles. The lowest BCUT2D eigenvalue weighted by atomic mass is 10.3. The smallest absolute Gasteiger partial charge is 0.332 e. The highest BCUT2D eigenvalue weighted by molar-refractivity contribution is 5.77. The minimum Gasteiger partial charge on any atom is -0.460 e. The summed E-state index contributed by atoms with van der Waals surface area (Å²) in [5.41, 5.74) is 0. The molecule has 0 bridgehead atoms. The Labute approximate surface area is 130 Å². The molecule has 0 aliphatic rings. The molecule has 0 aliphatic heterocycles. The van der Waals surface area contributed by atoms with Gasteiger partial charge in [0.1, 0.15) is 19.5 Å². The lowest BCUT2D eigenvalue weighted by molar-refractivity contribution is -0.152. The van der Waals surface area contributed by atoms with Gasteiger partial charge in [0.2, 0.25) is 11.8 Å². The Morgan fingerprint density at radius 2 is 1.45 bits per heavy atom. The Hall–Kier alpha value is -2.00. The monoisotopic (exact) mass is 322 g/mol. The van der Waals surface area contributed by atoms with Crippen LogP contribution in [0.4, 0.5) is 0 Å². The fourth-order valence-corrected chi connectivity index (χ4v) is 1.04. The maximum atomic E-state index is 10.7. The molecule has 2 amide bonds. The highest BCUT2D eigenvalue weighted by Crippen LogP contribution is 1.96. The van der Waals surface area contributed by atoms with E-state index in [0.717, 1.165) is 0 Å². The van der Waals surface area contributed by atoms with E-state index in [1.54, 1.807) is 20.9 Å². The van der Waals surface area contributed by atoms with Crippen LogP contribution in [0, 0.1) is 0 Å². The number of hydrogen-bond donors (Lipinski definition) is 4. The van der Waals surface area contributed by atoms with Crippen LogP contribution in [0.25, 0.3) is 0 Å². The average molecular weight is 322 g/mol. The van der Waals surface area contributed by atoms with Gasteiger partial charge >= 0.3 is 5.97 Å². The van der Waals surface area contributed by atoms with Crippen molar-refractivity contribution in [1.29, 1.82) is 0 Å². The van der Waals surface area contributed by atoms with Crippen LogP contribution in [0.1, 0.15) is 26.7 Å². The zero-order valence-corrected chi connectivity index (χ0v) is 13.4. The van der Waals surface area contributed by atoms with E-state index in [-0.39, 0.29) is 24.7 Å². The summed E-state index contributed by atoms with van der Waals surface area (Å²) < 4.78 is 4.62. The number of aliphatic hydroxyl groups excluding tert-OH is 2. The first-order valence-corrected chi connectivity index (χ1v) is 6.45. The molecule has 0 rings (SSSR count). The number of esters is 1. The second kappa shape index (κ2) is 17.1. The maximum Gasteiger partial charge on any atom is 0.332 e. The van der Waals surface area contributed by atoms with Crippen molar-refractivity contribution in [3.63, 3.8) is 0 Å². The van der Waals surface area contributed by atoms with Gasteiger partial charge in [0.05, 0.1) is 18.9 Å². The van der Waals surface area contributed by atoms with Gasteiger partial charge in [-0.05, 0) is 13.8 Å². The Kier molecular flexibility index (Phi) is 19.4. The third kappa shape index (κ3) is 20.3. The molecule has 0 aliphatic carbocycles. The molecule has 0 aromatic heterocycles. The highest BCUT2D eigenvalue weighted by Gasteiger charge is 2.11. The van der Waals surface area contributed by atoms with Crippen molar-refractivity contribution >= 4 is 24.6 Å². The van der Waals surface area contributed by atoms with E-state index in [2.05, 4.69) is 15.4 Å². The SMILES string of the molecule is C=O.CNC(=O)CC(C)O.CNC(=O)CC(C)OC(=O)CO. The number of carbonyl (C=O) groups is 4. The first-order chi connectivity index (χ1) is 10.3. The first kappa shape index (κ1) is 25.0. The average Bonchev–Trinajstić information content (AvgIpc) is 2.48. The third-order valence-corrected chi connectivity index (χ3v) is 1.97. The standard InChI is InChI=1S/C7H13NO4.C5H11NO2.CH2O/c1-5(3-6(10)8-2)12-7(11)4-9;1-4(7)3-5(8)6-2;1-2/h5,9H,3-4H2,1-2H3,(H,8,10);4,7H,3H2,1-2H3,(H,6,8);1H2. The number of carbonyl (C=O) groups excluding carboxylic acids is 4. The first-order valence-electron chi connectivity index (χ1n) is 6.45. The molecule has 9 heteroatoms. The van der Waals surface area contributed by atoms with Gasteiger partial charge in [-0.2, -0.15) is 0 Å². The topological polar surface area (TPSA) is 142 Å². The number of aliphatic hydroxyl groups is 2. The second-order valence-corrected chi connectivity index (χ2v) is 4.06. The maximum absolute atomic E-state index is 10.7. The fourth-order valence-electron chi connectivity index (χ4n) is 1.04. The largest absolute Gasteiger partial charge is 0.460 e. The molecule has 0 aromatic carbocycles. The van der Waals surface area contributed by atoms with Gasteiger partial charge in [-0.25, -0.2) is 4.79 Å². The molecule has 2 unspecified atom stereocenters. The fraction of sp³-hybridized carbons (Fsp3) is 0.692. The summed E-state index contributed by atoms with van der Waals surface area (Å²) in [5, 5.41) is 21.7. The Balaban J connectivity index is -0.000000313. The minimum absolute atomic E-state index is 0.113. The second-order valence-electron chi connectivity index (χ2n) is 4.06. The van der Waals surface area contributed by atoms with Gasteiger partial charge in [0, 0.05) is 14.1 Å². The van der Waals surface area contributed by atoms with Crippen molar-refractivity contribution in [3.8, 4) is 0 Å². The van der Waals surface area contributed by atoms with Crippen LogP contribution in [0.3, 0.4) is 0 Å². The Bertz CT molecular complexity index is 304. The van der Waals surface area contributed by atoms with Crippen LogP contribution in [0.15, 0.2) is 0 Å². The molecule has 0 radical (unpaired) electrons. The van der Waals surface area contributed by atoms with Crippen molar-refractivity contribution in [2.24, 2.45) is 0 Å². The summed E-state index contributed by atoms with van der Waals surface area (Å²) in [5.74, 6) is -1.04. The number of ether oxygens (including phenoxy) is 1. The predicted molar refractivity (Wildman–Crippen MR) is 78.8 cm³/mol. The number of rotatable bonds is 6. The molecule has 0 aromatic rings. The van der Waals surface area contributed by atoms with Crippen LogP contribution < -0.4 is 10.6 Å². The molecule has 0 spiro atoms. The molecule has 9 nitrogen and oxygen atoms in total. The van der Waals surface area contributed by atoms with Crippen molar-refractivity contribution in [3.05, 3.63) is 0 Å². The minimum atomic E-state index is -0.716. The van der Waals surface area contributed by atoms with Crippen LogP contribution in [-0.2, 0) is 23.9 Å². The number of nitrogens with one attached hydrogen (secondary N) is 2. The summed E-state index contributed by atoms with van der Waals surface area (Å²) in [6, 6.07) is 0. The van der Waals surface area contributed by atoms with E-state index in [1.165, 1.54) is 7.05 Å². The molecule has 0 fully saturated rings. The molecule has 22 heavy (non-hydrogen) atoms. The predicted octanol–water partition coefficient (Wildman–Crippen LogP) is -1.64. The highest BCUT2D eigenvalue weighted by atomic mass is 16.6. The van der Waals surface area contributed by atoms with Crippen molar-refractivity contribution in [1.82, 2.24) is 10.6 Å². The van der Waals surface area contributed by atoms with E-state index in [0.29, 0.717) is 0 Å². The molecule has 130 valence electrons. The summed E-state index contributed by atoms with van der Waals surface area (Å²) in [6.45, 7) is 4.51. The lowest BCUT2D eigenvalue weighted by Crippen LogP contribution is -2.26. The van der Waals surface area contributed by atoms with E-state index >= 15 is 0 Å². The van der Waals surface area contributed by atoms with Crippen LogP contribution in [-0.4, -0.2) is 67.7 Å². The van der Waals surface area contributed by atoms with E-state index in [9.17, 15) is 14.4 Å². The van der Waals surface area contributed by atoms with Crippen molar-refractivity contribution in [2.75, 3.05) is 20.7 Å². The normalized spacial score (nSPS) is 11.4. The van der Waals surface area contributed by atoms with Crippen molar-refractivity contribution in [2.45, 2.75) is 38.9 Å². The van der Waals surface area contributed by atoms with Crippen LogP contribution in [0.2, 0.25) is 0 Å². The van der Waals surface area contributed by atoms with E-state index in [1.807, 2.05) is 6.79 Å². The lowest BCUT2D eigenvalue weighted by Gasteiger charge is -2.10. The van der Waals surface area contributed by atoms with Crippen LogP contribution in [0.5, 0.6) is 0 Å². The molecular formula is C13H26N2O7. The van der Waals surface area contributed by atoms with E-state index < -0.39 is 24.8 Å². The Morgan fingerprint density at radius 3 is 1.73 bits per heavy atom. The summed E-state index contributed by atoms with van der Waals surface area (Å²) in [7, 11) is 3.05. The summed E-state index contributed by atoms with van der Waals surface area (Å²) in [4.78, 5) is 39.6. The van der Waals surface area contributed by atoms with Gasteiger partial charge in [0.25, 0.3) is 0 Å². The van der Waals surface area contributed by atoms with Gasteiger partial charge in [-0.1, -0.05) is 0 Å². The summed E-state index contributed by atoms with van der Waals surface area (Å²) >= 11 is 0. The zero-order valence-electron chi connectivity index (χ0n) is 13.4. The molecule has 4 N–H and O–H groups in total. The van der Waals surface area contributed by atoms with Gasteiger partial charge < -0.3 is 30.4 Å². The molecule has 2 atom stereocenters. The van der Waals surface area contributed by atoms with Gasteiger partial charge in [-0.15, -0.1) is 0 Å². The Morgan fingerprint density at radius 1 is 1.05 bits per heavy atom. The summed E-state index contributed by atoms with van der Waals surface area (Å²) in [6.07, 6.45) is -0.724. The molecular weight excluding hydrogens is 296 g/mol. The number of hydrogen-bond acceptors (Lipinski definition) is 7. The van der Waals surface area contributed by atoms with E-state index in [4.69, 9.17) is 15.0 Å². The third-order valence-electron chi connectivity index (χ3n) is 1.97. The quantitative estimate of drug-likeness (QED) is 0.430. The van der Waals surface area contributed by atoms with Gasteiger partial charge in [0.15, 0.2) is 0 Å². The number of amides is 2. The van der Waals surface area contributed by atoms with Gasteiger partial charge in [-0.3, -0.25) is 9.59 Å². The van der Waals surface area contributed by atoms with Crippen molar-refractivity contribution < 1.29 is 34.1 Å². The van der Waals surface area contributed by atoms with Crippen LogP contribution >= 0.6 is 0 Å².